The third kappa shape index (κ3) is 14.8. The number of halogens is 2. The van der Waals surface area contributed by atoms with Gasteiger partial charge >= 0.3 is 0 Å². The van der Waals surface area contributed by atoms with Crippen molar-refractivity contribution in [1.29, 1.82) is 0 Å². The van der Waals surface area contributed by atoms with Gasteiger partial charge in [-0.1, -0.05) is 182 Å². The molecule has 9 heteroatoms. The molecule has 0 saturated carbocycles. The van der Waals surface area contributed by atoms with E-state index >= 15 is 8.78 Å². The predicted octanol–water partition coefficient (Wildman–Crippen LogP) is 21.3. The van der Waals surface area contributed by atoms with Crippen molar-refractivity contribution in [3.8, 4) is 40.4 Å². The highest BCUT2D eigenvalue weighted by atomic mass is 32.1. The monoisotopic (exact) mass is 976 g/mol. The van der Waals surface area contributed by atoms with Crippen molar-refractivity contribution in [1.82, 2.24) is 8.75 Å². The fraction of sp³-hybridized carbons (Fsp3) is 0.607. The van der Waals surface area contributed by atoms with Gasteiger partial charge in [0.25, 0.3) is 0 Å². The minimum absolute atomic E-state index is 0.271. The first kappa shape index (κ1) is 52.1. The van der Waals surface area contributed by atoms with E-state index < -0.39 is 11.6 Å². The van der Waals surface area contributed by atoms with Gasteiger partial charge in [0.05, 0.1) is 22.9 Å². The molecule has 5 heterocycles. The molecule has 6 rings (SSSR count). The average molecular weight is 978 g/mol. The van der Waals surface area contributed by atoms with Gasteiger partial charge in [-0.3, -0.25) is 0 Å². The van der Waals surface area contributed by atoms with Gasteiger partial charge in [-0.05, 0) is 86.1 Å². The van der Waals surface area contributed by atoms with Gasteiger partial charge in [0, 0.05) is 39.0 Å². The zero-order valence-electron chi connectivity index (χ0n) is 40.7. The summed E-state index contributed by atoms with van der Waals surface area (Å²) in [6, 6.07) is 13.3. The second kappa shape index (κ2) is 27.6. The van der Waals surface area contributed by atoms with Crippen molar-refractivity contribution in [3.05, 3.63) is 68.9 Å². The predicted molar refractivity (Wildman–Crippen MR) is 288 cm³/mol. The topological polar surface area (TPSA) is 25.8 Å². The highest BCUT2D eigenvalue weighted by Crippen LogP contribution is 2.49. The van der Waals surface area contributed by atoms with Crippen LogP contribution in [-0.4, -0.2) is 8.75 Å². The van der Waals surface area contributed by atoms with Gasteiger partial charge in [0.15, 0.2) is 11.6 Å². The molecule has 6 aromatic rings. The molecule has 5 aromatic heterocycles. The number of hydrogen-bond donors (Lipinski definition) is 0. The lowest BCUT2D eigenvalue weighted by Crippen LogP contribution is -2.05. The van der Waals surface area contributed by atoms with E-state index in [9.17, 15) is 0 Å². The molecule has 0 aliphatic heterocycles. The van der Waals surface area contributed by atoms with Crippen LogP contribution in [0.4, 0.5) is 8.78 Å². The molecule has 0 aliphatic rings. The van der Waals surface area contributed by atoms with E-state index in [0.717, 1.165) is 34.3 Å². The van der Waals surface area contributed by atoms with Crippen LogP contribution < -0.4 is 0 Å². The van der Waals surface area contributed by atoms with Crippen LogP contribution in [0.25, 0.3) is 51.4 Å². The number of nitrogens with zero attached hydrogens (tertiary/aromatic N) is 2. The number of rotatable bonds is 32. The smallest absolute Gasteiger partial charge is 0.170 e. The largest absolute Gasteiger partial charge is 0.203 e. The Kier molecular flexibility index (Phi) is 22.1. The third-order valence-corrected chi connectivity index (χ3v) is 18.9. The standard InChI is InChI=1S/C56H78F2N2S5/c1-7-11-15-19-21-25-29-41(27-23-17-13-9-3)35-43-37-48(62-40(43)6)50-52(57)53(58)51(55-54(50)59-65-60-55)49-38-44(36-42(28-24-18-14-10-4)30-26-22-20-16-12-8-2)56(64-49)47-34-33-46(63-47)45-32-31-39(5)61-45/h31-34,37-38,41-42H,7-30,35-36H2,1-6H3. The Morgan fingerprint density at radius 2 is 0.862 bits per heavy atom. The summed E-state index contributed by atoms with van der Waals surface area (Å²) in [5, 5.41) is 0. The Labute approximate surface area is 412 Å². The molecular weight excluding hydrogens is 899 g/mol. The molecular formula is C56H78F2N2S5. The molecule has 0 aliphatic carbocycles. The van der Waals surface area contributed by atoms with Crippen LogP contribution >= 0.6 is 57.1 Å². The molecule has 0 radical (unpaired) electrons. The molecule has 0 saturated heterocycles. The maximum atomic E-state index is 17.2. The maximum absolute atomic E-state index is 17.2. The summed E-state index contributed by atoms with van der Waals surface area (Å²) in [7, 11) is 0. The first-order chi connectivity index (χ1) is 31.8. The van der Waals surface area contributed by atoms with Crippen LogP contribution in [0.1, 0.15) is 203 Å². The quantitative estimate of drug-likeness (QED) is 0.0394. The van der Waals surface area contributed by atoms with E-state index in [4.69, 9.17) is 8.75 Å². The Balaban J connectivity index is 1.32. The minimum atomic E-state index is -0.798. The van der Waals surface area contributed by atoms with Crippen molar-refractivity contribution in [2.75, 3.05) is 0 Å². The summed E-state index contributed by atoms with van der Waals surface area (Å²) < 4.78 is 43.7. The van der Waals surface area contributed by atoms with E-state index in [-0.39, 0.29) is 11.1 Å². The first-order valence-electron chi connectivity index (χ1n) is 25.8. The van der Waals surface area contributed by atoms with Gasteiger partial charge in [-0.2, -0.15) is 8.75 Å². The molecule has 0 bridgehead atoms. The normalized spacial score (nSPS) is 12.9. The van der Waals surface area contributed by atoms with E-state index in [1.165, 1.54) is 194 Å². The molecule has 0 fully saturated rings. The molecule has 2 unspecified atom stereocenters. The van der Waals surface area contributed by atoms with Crippen molar-refractivity contribution >= 4 is 68.1 Å². The fourth-order valence-corrected chi connectivity index (χ4v) is 14.8. The Bertz CT molecular complexity index is 2290. The van der Waals surface area contributed by atoms with E-state index in [1.54, 1.807) is 22.7 Å². The fourth-order valence-electron chi connectivity index (χ4n) is 9.78. The zero-order chi connectivity index (χ0) is 46.0. The van der Waals surface area contributed by atoms with Crippen LogP contribution in [0.5, 0.6) is 0 Å². The molecule has 356 valence electrons. The lowest BCUT2D eigenvalue weighted by molar-refractivity contribution is 0.402. The van der Waals surface area contributed by atoms with Crippen molar-refractivity contribution in [3.63, 3.8) is 0 Å². The molecule has 2 nitrogen and oxygen atoms in total. The van der Waals surface area contributed by atoms with Crippen molar-refractivity contribution in [2.45, 2.75) is 208 Å². The summed E-state index contributed by atoms with van der Waals surface area (Å²) in [6.45, 7) is 13.4. The SMILES string of the molecule is CCCCCCCCC(CCCCCC)Cc1cc(-c2c(F)c(F)c(-c3cc(CC(CCCCCC)CCCCCCCC)c(-c4ccc(-c5ccc(C)s5)s4)s3)c3nsnc23)sc1C. The van der Waals surface area contributed by atoms with E-state index in [2.05, 4.69) is 77.9 Å². The lowest BCUT2D eigenvalue weighted by atomic mass is 9.88. The van der Waals surface area contributed by atoms with Crippen molar-refractivity contribution in [2.24, 2.45) is 11.8 Å². The van der Waals surface area contributed by atoms with Gasteiger partial charge in [0.1, 0.15) is 11.0 Å². The third-order valence-electron chi connectivity index (χ3n) is 13.6. The summed E-state index contributed by atoms with van der Waals surface area (Å²) in [5.74, 6) is -0.423. The lowest BCUT2D eigenvalue weighted by Gasteiger charge is -2.17. The highest BCUT2D eigenvalue weighted by molar-refractivity contribution is 7.27. The number of thiophene rings is 4. The van der Waals surface area contributed by atoms with Crippen LogP contribution in [0.2, 0.25) is 0 Å². The summed E-state index contributed by atoms with van der Waals surface area (Å²) in [6.07, 6.45) is 32.6. The molecule has 1 aromatic carbocycles. The first-order valence-corrected chi connectivity index (χ1v) is 29.8. The van der Waals surface area contributed by atoms with Crippen LogP contribution in [0, 0.1) is 37.3 Å². The Morgan fingerprint density at radius 3 is 1.37 bits per heavy atom. The number of benzene rings is 1. The number of fused-ring (bicyclic) bond motifs is 1. The average Bonchev–Trinajstić information content (AvgIpc) is 4.16. The van der Waals surface area contributed by atoms with Crippen LogP contribution in [0.15, 0.2) is 36.4 Å². The van der Waals surface area contributed by atoms with E-state index in [0.29, 0.717) is 22.9 Å². The molecule has 65 heavy (non-hydrogen) atoms. The van der Waals surface area contributed by atoms with E-state index in [1.807, 2.05) is 22.7 Å². The zero-order valence-corrected chi connectivity index (χ0v) is 44.8. The molecule has 0 spiro atoms. The van der Waals surface area contributed by atoms with Crippen LogP contribution in [0.3, 0.4) is 0 Å². The summed E-state index contributed by atoms with van der Waals surface area (Å²) >= 11 is 7.92. The number of unbranched alkanes of at least 4 members (excludes halogenated alkanes) is 16. The number of aryl methyl sites for hydroxylation is 2. The summed E-state index contributed by atoms with van der Waals surface area (Å²) in [5.41, 5.74) is 4.06. The van der Waals surface area contributed by atoms with Gasteiger partial charge in [-0.15, -0.1) is 45.3 Å². The highest BCUT2D eigenvalue weighted by Gasteiger charge is 2.29. The minimum Gasteiger partial charge on any atom is -0.203 e. The number of aromatic nitrogens is 2. The van der Waals surface area contributed by atoms with Crippen LogP contribution in [-0.2, 0) is 12.8 Å². The Morgan fingerprint density at radius 1 is 0.446 bits per heavy atom. The molecule has 0 N–H and O–H groups in total. The number of hydrogen-bond acceptors (Lipinski definition) is 7. The molecule has 0 amide bonds. The van der Waals surface area contributed by atoms with Gasteiger partial charge in [0.2, 0.25) is 0 Å². The molecule has 2 atom stereocenters. The second-order valence-corrected chi connectivity index (χ2v) is 24.2. The maximum Gasteiger partial charge on any atom is 0.170 e. The van der Waals surface area contributed by atoms with Crippen molar-refractivity contribution < 1.29 is 8.78 Å². The van der Waals surface area contributed by atoms with Gasteiger partial charge < -0.3 is 0 Å². The summed E-state index contributed by atoms with van der Waals surface area (Å²) in [4.78, 5) is 8.95. The van der Waals surface area contributed by atoms with Gasteiger partial charge in [-0.25, -0.2) is 8.78 Å². The Hall–Kier alpha value is -2.30. The second-order valence-electron chi connectivity index (χ2n) is 19.0.